The predicted molar refractivity (Wildman–Crippen MR) is 150 cm³/mol. The number of amides is 1. The molecule has 40 heavy (non-hydrogen) atoms. The van der Waals surface area contributed by atoms with Crippen molar-refractivity contribution in [2.75, 3.05) is 12.3 Å². The van der Waals surface area contributed by atoms with Crippen LogP contribution in [-0.4, -0.2) is 37.8 Å². The zero-order chi connectivity index (χ0) is 27.7. The first-order valence-electron chi connectivity index (χ1n) is 13.1. The zero-order valence-electron chi connectivity index (χ0n) is 21.7. The number of benzene rings is 2. The number of nitrogens with two attached hydrogens (primary N) is 1. The molecule has 2 fully saturated rings. The van der Waals surface area contributed by atoms with Gasteiger partial charge in [-0.3, -0.25) is 0 Å². The number of hydrogen-bond acceptors (Lipinski definition) is 7. The van der Waals surface area contributed by atoms with Gasteiger partial charge in [-0.15, -0.1) is 0 Å². The first kappa shape index (κ1) is 25.7. The Morgan fingerprint density at radius 3 is 2.55 bits per heavy atom. The number of halogens is 1. The second-order valence-corrected chi connectivity index (χ2v) is 10.6. The number of hydrogen-bond donors (Lipinski definition) is 1. The monoisotopic (exact) mass is 554 g/mol. The molecule has 1 atom stereocenters. The van der Waals surface area contributed by atoms with Crippen LogP contribution in [0.2, 0.25) is 5.02 Å². The molecule has 6 rings (SSSR count). The minimum atomic E-state index is -0.330. The van der Waals surface area contributed by atoms with Crippen LogP contribution >= 0.6 is 11.6 Å². The molecule has 0 radical (unpaired) electrons. The summed E-state index contributed by atoms with van der Waals surface area (Å²) in [6.07, 6.45) is 4.75. The number of rotatable bonds is 6. The van der Waals surface area contributed by atoms with E-state index in [1.807, 2.05) is 47.4 Å². The van der Waals surface area contributed by atoms with Crippen molar-refractivity contribution in [3.63, 3.8) is 0 Å². The third kappa shape index (κ3) is 5.06. The van der Waals surface area contributed by atoms with Crippen molar-refractivity contribution < 1.29 is 14.3 Å². The lowest BCUT2D eigenvalue weighted by molar-refractivity contribution is 0.0468. The van der Waals surface area contributed by atoms with E-state index in [0.717, 1.165) is 36.8 Å². The molecule has 2 aliphatic rings. The Labute approximate surface area is 236 Å². The molecule has 0 bridgehead atoms. The standard InChI is InChI=1S/C30H27ClN6O3/c31-22-8-11-26(34-17-22)40-24-9-6-21(7-10-24)27-25(16-32)28(33)37(35-27)23-12-13-30(14-15-30)36(18-23)29(38)39-19-20-4-2-1-3-5-20/h1-11,17,23H,12-15,18-19,33H2/t23-/m1/s1. The number of aromatic nitrogens is 3. The summed E-state index contributed by atoms with van der Waals surface area (Å²) in [4.78, 5) is 19.2. The summed E-state index contributed by atoms with van der Waals surface area (Å²) in [5.41, 5.74) is 8.77. The molecule has 202 valence electrons. The van der Waals surface area contributed by atoms with Crippen molar-refractivity contribution >= 4 is 23.5 Å². The van der Waals surface area contributed by atoms with E-state index in [2.05, 4.69) is 11.1 Å². The van der Waals surface area contributed by atoms with Crippen LogP contribution in [0.15, 0.2) is 72.9 Å². The van der Waals surface area contributed by atoms with E-state index < -0.39 is 0 Å². The van der Waals surface area contributed by atoms with Gasteiger partial charge in [0.25, 0.3) is 0 Å². The lowest BCUT2D eigenvalue weighted by Crippen LogP contribution is -2.49. The summed E-state index contributed by atoms with van der Waals surface area (Å²) in [5.74, 6) is 1.29. The van der Waals surface area contributed by atoms with Gasteiger partial charge in [0.05, 0.1) is 11.1 Å². The molecule has 2 aromatic heterocycles. The Kier molecular flexibility index (Phi) is 6.78. The van der Waals surface area contributed by atoms with E-state index in [-0.39, 0.29) is 30.1 Å². The van der Waals surface area contributed by atoms with Gasteiger partial charge < -0.3 is 20.1 Å². The molecular formula is C30H27ClN6O3. The van der Waals surface area contributed by atoms with E-state index in [1.165, 1.54) is 6.20 Å². The van der Waals surface area contributed by atoms with Crippen molar-refractivity contribution in [1.82, 2.24) is 19.7 Å². The van der Waals surface area contributed by atoms with E-state index in [0.29, 0.717) is 34.5 Å². The van der Waals surface area contributed by atoms with Gasteiger partial charge in [-0.25, -0.2) is 14.5 Å². The summed E-state index contributed by atoms with van der Waals surface area (Å²) in [6.45, 7) is 0.641. The van der Waals surface area contributed by atoms with Gasteiger partial charge in [0.2, 0.25) is 5.88 Å². The third-order valence-electron chi connectivity index (χ3n) is 7.62. The van der Waals surface area contributed by atoms with E-state index in [4.69, 9.17) is 31.9 Å². The van der Waals surface area contributed by atoms with Gasteiger partial charge in [-0.05, 0) is 61.6 Å². The van der Waals surface area contributed by atoms with Crippen LogP contribution in [0.25, 0.3) is 11.3 Å². The molecule has 10 heteroatoms. The third-order valence-corrected chi connectivity index (χ3v) is 7.84. The van der Waals surface area contributed by atoms with E-state index in [9.17, 15) is 10.1 Å². The van der Waals surface area contributed by atoms with Crippen LogP contribution in [0.1, 0.15) is 42.9 Å². The fraction of sp³-hybridized carbons (Fsp3) is 0.267. The van der Waals surface area contributed by atoms with Crippen LogP contribution in [0.3, 0.4) is 0 Å². The molecule has 1 saturated heterocycles. The number of anilines is 1. The van der Waals surface area contributed by atoms with Gasteiger partial charge >= 0.3 is 6.09 Å². The molecule has 1 saturated carbocycles. The lowest BCUT2D eigenvalue weighted by Gasteiger charge is -2.39. The Morgan fingerprint density at radius 2 is 1.88 bits per heavy atom. The van der Waals surface area contributed by atoms with Crippen LogP contribution in [0.5, 0.6) is 11.6 Å². The highest BCUT2D eigenvalue weighted by Gasteiger charge is 2.54. The fourth-order valence-electron chi connectivity index (χ4n) is 5.26. The topological polar surface area (TPSA) is 119 Å². The van der Waals surface area contributed by atoms with Gasteiger partial charge in [-0.2, -0.15) is 10.4 Å². The summed E-state index contributed by atoms with van der Waals surface area (Å²) in [7, 11) is 0. The number of pyridine rings is 1. The second-order valence-electron chi connectivity index (χ2n) is 10.2. The van der Waals surface area contributed by atoms with Gasteiger partial charge in [0.15, 0.2) is 0 Å². The number of nitrogens with zero attached hydrogens (tertiary/aromatic N) is 5. The molecule has 1 aliphatic carbocycles. The van der Waals surface area contributed by atoms with Crippen molar-refractivity contribution in [3.8, 4) is 29.0 Å². The Morgan fingerprint density at radius 1 is 1.10 bits per heavy atom. The minimum Gasteiger partial charge on any atom is -0.445 e. The van der Waals surface area contributed by atoms with Crippen molar-refractivity contribution in [1.29, 1.82) is 5.26 Å². The highest BCUT2D eigenvalue weighted by Crippen LogP contribution is 2.51. The smallest absolute Gasteiger partial charge is 0.410 e. The summed E-state index contributed by atoms with van der Waals surface area (Å²) < 4.78 is 13.2. The summed E-state index contributed by atoms with van der Waals surface area (Å²) >= 11 is 5.89. The summed E-state index contributed by atoms with van der Waals surface area (Å²) in [5, 5.41) is 15.2. The Bertz CT molecular complexity index is 1560. The maximum absolute atomic E-state index is 13.2. The van der Waals surface area contributed by atoms with E-state index in [1.54, 1.807) is 28.9 Å². The largest absolute Gasteiger partial charge is 0.445 e. The van der Waals surface area contributed by atoms with Crippen LogP contribution in [-0.2, 0) is 11.3 Å². The quantitative estimate of drug-likeness (QED) is 0.295. The van der Waals surface area contributed by atoms with Crippen molar-refractivity contribution in [3.05, 3.63) is 89.1 Å². The minimum absolute atomic E-state index is 0.151. The molecule has 3 heterocycles. The van der Waals surface area contributed by atoms with E-state index >= 15 is 0 Å². The van der Waals surface area contributed by atoms with Gasteiger partial charge in [-0.1, -0.05) is 41.9 Å². The second kappa shape index (κ2) is 10.5. The highest BCUT2D eigenvalue weighted by molar-refractivity contribution is 6.30. The molecule has 2 N–H and O–H groups in total. The predicted octanol–water partition coefficient (Wildman–Crippen LogP) is 6.35. The number of piperidine rings is 1. The fourth-order valence-corrected chi connectivity index (χ4v) is 5.37. The number of ether oxygens (including phenoxy) is 2. The Hall–Kier alpha value is -4.55. The number of carbonyl (C=O) groups excluding carboxylic acids is 1. The molecule has 0 unspecified atom stereocenters. The van der Waals surface area contributed by atoms with Crippen LogP contribution in [0.4, 0.5) is 10.6 Å². The maximum Gasteiger partial charge on any atom is 0.410 e. The normalized spacial score (nSPS) is 17.3. The molecule has 1 spiro atoms. The zero-order valence-corrected chi connectivity index (χ0v) is 22.4. The number of likely N-dealkylation sites (tertiary alicyclic amines) is 1. The summed E-state index contributed by atoms with van der Waals surface area (Å²) in [6, 6.07) is 22.3. The average Bonchev–Trinajstić information content (AvgIpc) is 3.67. The molecule has 2 aromatic carbocycles. The molecule has 1 amide bonds. The first-order valence-corrected chi connectivity index (χ1v) is 13.5. The number of nitriles is 1. The molecular weight excluding hydrogens is 528 g/mol. The SMILES string of the molecule is N#Cc1c(-c2ccc(Oc3ccc(Cl)cn3)cc2)nn([C@@H]2CCC3(CC3)N(C(=O)OCc3ccccc3)C2)c1N. The van der Waals surface area contributed by atoms with Gasteiger partial charge in [0.1, 0.15) is 35.5 Å². The molecule has 1 aliphatic heterocycles. The van der Waals surface area contributed by atoms with Crippen LogP contribution in [0, 0.1) is 11.3 Å². The Balaban J connectivity index is 1.20. The average molecular weight is 555 g/mol. The first-order chi connectivity index (χ1) is 19.5. The lowest BCUT2D eigenvalue weighted by atomic mass is 9.96. The van der Waals surface area contributed by atoms with Crippen LogP contribution < -0.4 is 10.5 Å². The molecule has 9 nitrogen and oxygen atoms in total. The van der Waals surface area contributed by atoms with Crippen molar-refractivity contribution in [2.45, 2.75) is 43.9 Å². The van der Waals surface area contributed by atoms with Crippen molar-refractivity contribution in [2.24, 2.45) is 0 Å². The molecule has 4 aromatic rings. The highest BCUT2D eigenvalue weighted by atomic mass is 35.5. The number of nitrogen functional groups attached to an aromatic ring is 1. The van der Waals surface area contributed by atoms with Gasteiger partial charge in [0, 0.05) is 29.9 Å². The maximum atomic E-state index is 13.2. The number of carbonyl (C=O) groups is 1.